The van der Waals surface area contributed by atoms with Crippen LogP contribution in [0, 0.1) is 0 Å². The monoisotopic (exact) mass is 436 g/mol. The van der Waals surface area contributed by atoms with Crippen LogP contribution in [0.5, 0.6) is 0 Å². The van der Waals surface area contributed by atoms with Crippen molar-refractivity contribution in [2.75, 3.05) is 44.2 Å². The lowest BCUT2D eigenvalue weighted by Crippen LogP contribution is -2.47. The van der Waals surface area contributed by atoms with Crippen molar-refractivity contribution in [1.29, 1.82) is 0 Å². The van der Waals surface area contributed by atoms with Gasteiger partial charge in [0.1, 0.15) is 4.21 Å². The Bertz CT molecular complexity index is 864. The lowest BCUT2D eigenvalue weighted by atomic mass is 10.2. The first-order valence-electron chi connectivity index (χ1n) is 9.81. The topological polar surface area (TPSA) is 81.7 Å². The molecule has 1 unspecified atom stereocenters. The van der Waals surface area contributed by atoms with Gasteiger partial charge in [-0.25, -0.2) is 8.42 Å². The van der Waals surface area contributed by atoms with Crippen molar-refractivity contribution in [3.8, 4) is 0 Å². The van der Waals surface area contributed by atoms with Crippen molar-refractivity contribution in [3.05, 3.63) is 47.8 Å². The zero-order chi connectivity index (χ0) is 20.7. The van der Waals surface area contributed by atoms with Gasteiger partial charge in [0.25, 0.3) is 10.0 Å². The van der Waals surface area contributed by atoms with E-state index in [1.54, 1.807) is 18.4 Å². The smallest absolute Gasteiger partial charge is 0.250 e. The second-order valence-corrected chi connectivity index (χ2v) is 9.97. The number of nitrogens with zero attached hydrogens (tertiary/aromatic N) is 2. The molecule has 2 heterocycles. The zero-order valence-corrected chi connectivity index (χ0v) is 18.2. The summed E-state index contributed by atoms with van der Waals surface area (Å²) in [4.78, 5) is 17.0. The molecule has 0 saturated carbocycles. The van der Waals surface area contributed by atoms with E-state index in [4.69, 9.17) is 0 Å². The summed E-state index contributed by atoms with van der Waals surface area (Å²) in [6.45, 7) is 7.00. The second kappa shape index (κ2) is 10.2. The third-order valence-corrected chi connectivity index (χ3v) is 7.87. The molecule has 1 fully saturated rings. The number of nitrogens with one attached hydrogen (secondary N) is 2. The van der Waals surface area contributed by atoms with E-state index in [1.165, 1.54) is 11.8 Å². The molecule has 1 aromatic heterocycles. The van der Waals surface area contributed by atoms with Crippen LogP contribution < -0.4 is 14.9 Å². The molecule has 0 spiro atoms. The highest BCUT2D eigenvalue weighted by molar-refractivity contribution is 7.91. The number of hydrogen-bond donors (Lipinski definition) is 2. The van der Waals surface area contributed by atoms with Crippen LogP contribution >= 0.6 is 11.3 Å². The van der Waals surface area contributed by atoms with Crippen molar-refractivity contribution in [3.63, 3.8) is 0 Å². The molecule has 0 bridgehead atoms. The average Bonchev–Trinajstić information content (AvgIpc) is 3.28. The fourth-order valence-corrected chi connectivity index (χ4v) is 5.51. The van der Waals surface area contributed by atoms with Gasteiger partial charge >= 0.3 is 0 Å². The van der Waals surface area contributed by atoms with Gasteiger partial charge in [-0.15, -0.1) is 11.3 Å². The summed E-state index contributed by atoms with van der Waals surface area (Å²) in [5.41, 5.74) is 1.26. The van der Waals surface area contributed by atoms with Gasteiger partial charge in [0.15, 0.2) is 0 Å². The summed E-state index contributed by atoms with van der Waals surface area (Å²) >= 11 is 1.13. The first kappa shape index (κ1) is 21.8. The Kier molecular flexibility index (Phi) is 7.65. The maximum absolute atomic E-state index is 12.2. The third-order valence-electron chi connectivity index (χ3n) is 4.93. The maximum Gasteiger partial charge on any atom is 0.250 e. The second-order valence-electron chi connectivity index (χ2n) is 7.08. The highest BCUT2D eigenvalue weighted by Gasteiger charge is 2.22. The minimum absolute atomic E-state index is 0.215. The molecule has 1 aromatic carbocycles. The summed E-state index contributed by atoms with van der Waals surface area (Å²) in [5.74, 6) is -0.306. The van der Waals surface area contributed by atoms with Gasteiger partial charge < -0.3 is 10.2 Å². The van der Waals surface area contributed by atoms with Crippen LogP contribution in [0.15, 0.2) is 52.1 Å². The number of piperazine rings is 1. The summed E-state index contributed by atoms with van der Waals surface area (Å²) in [7, 11) is -3.64. The van der Waals surface area contributed by atoms with E-state index in [-0.39, 0.29) is 10.1 Å². The molecule has 2 aromatic rings. The highest BCUT2D eigenvalue weighted by atomic mass is 32.2. The van der Waals surface area contributed by atoms with Crippen LogP contribution in [0.25, 0.3) is 0 Å². The number of anilines is 1. The predicted octanol–water partition coefficient (Wildman–Crippen LogP) is 1.74. The van der Waals surface area contributed by atoms with E-state index >= 15 is 0 Å². The number of amides is 1. The Morgan fingerprint density at radius 2 is 1.83 bits per heavy atom. The minimum atomic E-state index is -3.64. The van der Waals surface area contributed by atoms with Crippen LogP contribution in [0.2, 0.25) is 0 Å². The van der Waals surface area contributed by atoms with Crippen molar-refractivity contribution < 1.29 is 13.2 Å². The number of thiophene rings is 1. The molecule has 0 aliphatic carbocycles. The zero-order valence-electron chi connectivity index (χ0n) is 16.6. The van der Waals surface area contributed by atoms with Crippen LogP contribution in [0.3, 0.4) is 0 Å². The summed E-state index contributed by atoms with van der Waals surface area (Å²) in [6, 6.07) is 12.8. The van der Waals surface area contributed by atoms with E-state index in [9.17, 15) is 13.2 Å². The molecule has 3 rings (SSSR count). The number of carbonyl (C=O) groups is 1. The molecule has 1 aliphatic rings. The largest absolute Gasteiger partial charge is 0.369 e. The molecule has 1 saturated heterocycles. The normalized spacial score (nSPS) is 16.5. The molecule has 1 aliphatic heterocycles. The molecule has 0 radical (unpaired) electrons. The van der Waals surface area contributed by atoms with Crippen LogP contribution in [-0.2, 0) is 14.8 Å². The molecular weight excluding hydrogens is 408 g/mol. The Morgan fingerprint density at radius 3 is 2.48 bits per heavy atom. The number of sulfonamides is 1. The van der Waals surface area contributed by atoms with E-state index in [0.29, 0.717) is 6.54 Å². The lowest BCUT2D eigenvalue weighted by Gasteiger charge is -2.36. The lowest BCUT2D eigenvalue weighted by molar-refractivity contribution is -0.122. The van der Waals surface area contributed by atoms with Crippen LogP contribution in [0.4, 0.5) is 5.69 Å². The SMILES string of the molecule is CC(NS(=O)(=O)c1cccs1)C(=O)NCCCN1CCN(c2ccccc2)CC1. The molecule has 1 amide bonds. The van der Waals surface area contributed by atoms with Gasteiger partial charge in [-0.2, -0.15) is 4.72 Å². The van der Waals surface area contributed by atoms with Gasteiger partial charge in [0, 0.05) is 38.4 Å². The van der Waals surface area contributed by atoms with Gasteiger partial charge in [-0.3, -0.25) is 9.69 Å². The van der Waals surface area contributed by atoms with Gasteiger partial charge in [-0.1, -0.05) is 24.3 Å². The maximum atomic E-state index is 12.2. The fourth-order valence-electron chi connectivity index (χ4n) is 3.30. The van der Waals surface area contributed by atoms with Crippen LogP contribution in [0.1, 0.15) is 13.3 Å². The Balaban J connectivity index is 1.33. The van der Waals surface area contributed by atoms with E-state index in [0.717, 1.165) is 50.5 Å². The Labute approximate surface area is 176 Å². The number of rotatable bonds is 9. The highest BCUT2D eigenvalue weighted by Crippen LogP contribution is 2.16. The molecule has 29 heavy (non-hydrogen) atoms. The van der Waals surface area contributed by atoms with Crippen molar-refractivity contribution >= 4 is 33.0 Å². The number of para-hydroxylation sites is 1. The van der Waals surface area contributed by atoms with Crippen molar-refractivity contribution in [2.24, 2.45) is 0 Å². The molecule has 7 nitrogen and oxygen atoms in total. The quantitative estimate of drug-likeness (QED) is 0.585. The first-order valence-corrected chi connectivity index (χ1v) is 12.2. The molecule has 2 N–H and O–H groups in total. The molecule has 1 atom stereocenters. The first-order chi connectivity index (χ1) is 14.0. The average molecular weight is 437 g/mol. The predicted molar refractivity (Wildman–Crippen MR) is 117 cm³/mol. The Morgan fingerprint density at radius 1 is 1.10 bits per heavy atom. The molecular formula is C20H28N4O3S2. The van der Waals surface area contributed by atoms with Gasteiger partial charge in [0.2, 0.25) is 5.91 Å². The van der Waals surface area contributed by atoms with E-state index in [2.05, 4.69) is 44.1 Å². The number of carbonyl (C=O) groups excluding carboxylic acids is 1. The van der Waals surface area contributed by atoms with E-state index < -0.39 is 16.1 Å². The van der Waals surface area contributed by atoms with Gasteiger partial charge in [0.05, 0.1) is 6.04 Å². The summed E-state index contributed by atoms with van der Waals surface area (Å²) in [5, 5.41) is 4.52. The standard InChI is InChI=1S/C20H28N4O3S2/c1-17(22-29(26,27)19-9-5-16-28-19)20(25)21-10-6-11-23-12-14-24(15-13-23)18-7-3-2-4-8-18/h2-5,7-9,16-17,22H,6,10-15H2,1H3,(H,21,25). The summed E-state index contributed by atoms with van der Waals surface area (Å²) in [6.07, 6.45) is 0.835. The Hall–Kier alpha value is -1.94. The molecule has 158 valence electrons. The van der Waals surface area contributed by atoms with Crippen LogP contribution in [-0.4, -0.2) is 64.5 Å². The van der Waals surface area contributed by atoms with Crippen molar-refractivity contribution in [1.82, 2.24) is 14.9 Å². The van der Waals surface area contributed by atoms with Crippen molar-refractivity contribution in [2.45, 2.75) is 23.6 Å². The minimum Gasteiger partial charge on any atom is -0.369 e. The fraction of sp³-hybridized carbons (Fsp3) is 0.450. The van der Waals surface area contributed by atoms with E-state index in [1.807, 2.05) is 6.07 Å². The number of hydrogen-bond acceptors (Lipinski definition) is 6. The summed E-state index contributed by atoms with van der Waals surface area (Å²) < 4.78 is 27.0. The third kappa shape index (κ3) is 6.27. The molecule has 9 heteroatoms. The number of benzene rings is 1. The van der Waals surface area contributed by atoms with Gasteiger partial charge in [-0.05, 0) is 43.5 Å².